The summed E-state index contributed by atoms with van der Waals surface area (Å²) in [6.45, 7) is 10.8. The van der Waals surface area contributed by atoms with E-state index in [1.165, 1.54) is 54.5 Å². The van der Waals surface area contributed by atoms with Gasteiger partial charge in [0.2, 0.25) is 0 Å². The molecule has 0 bridgehead atoms. The highest BCUT2D eigenvalue weighted by molar-refractivity contribution is 5.69. The predicted octanol–water partition coefficient (Wildman–Crippen LogP) is 5.61. The van der Waals surface area contributed by atoms with Crippen molar-refractivity contribution >= 4 is 11.3 Å². The van der Waals surface area contributed by atoms with E-state index in [9.17, 15) is 0 Å². The first-order valence-electron chi connectivity index (χ1n) is 8.03. The molecule has 0 spiro atoms. The Morgan fingerprint density at radius 2 is 1.85 bits per heavy atom. The van der Waals surface area contributed by atoms with Crippen LogP contribution in [0.4, 0.5) is 5.69 Å². The van der Waals surface area contributed by atoms with Gasteiger partial charge < -0.3 is 4.90 Å². The number of rotatable bonds is 4. The van der Waals surface area contributed by atoms with Gasteiger partial charge in [0.15, 0.2) is 0 Å². The summed E-state index contributed by atoms with van der Waals surface area (Å²) in [6.07, 6.45) is 6.85. The summed E-state index contributed by atoms with van der Waals surface area (Å²) in [4.78, 5) is 2.48. The second-order valence-electron chi connectivity index (χ2n) is 6.61. The molecule has 110 valence electrons. The lowest BCUT2D eigenvalue weighted by molar-refractivity contribution is 0.427. The lowest BCUT2D eigenvalue weighted by atomic mass is 9.91. The molecule has 0 N–H and O–H groups in total. The van der Waals surface area contributed by atoms with Gasteiger partial charge in [0, 0.05) is 18.8 Å². The van der Waals surface area contributed by atoms with E-state index in [1.807, 2.05) is 0 Å². The molecular weight excluding hydrogens is 242 g/mol. The monoisotopic (exact) mass is 271 g/mol. The van der Waals surface area contributed by atoms with E-state index in [1.54, 1.807) is 0 Å². The Morgan fingerprint density at radius 1 is 1.20 bits per heavy atom. The van der Waals surface area contributed by atoms with Crippen LogP contribution in [0, 0.1) is 0 Å². The first kappa shape index (κ1) is 15.2. The SMILES string of the molecule is C=C(C)c1cc(N(C)C2CCCCC2)ccc1C(C)C. The van der Waals surface area contributed by atoms with Crippen LogP contribution in [0.2, 0.25) is 0 Å². The Hall–Kier alpha value is -1.24. The molecule has 0 unspecified atom stereocenters. The Bertz CT molecular complexity index is 467. The summed E-state index contributed by atoms with van der Waals surface area (Å²) >= 11 is 0. The average Bonchev–Trinajstić information content (AvgIpc) is 2.46. The molecule has 1 heteroatoms. The second kappa shape index (κ2) is 6.47. The smallest absolute Gasteiger partial charge is 0.0372 e. The standard InChI is InChI=1S/C19H29N/c1-14(2)18-12-11-17(13-19(18)15(3)4)20(5)16-9-7-6-8-10-16/h11-14,16H,3,6-10H2,1-2,4-5H3. The quantitative estimate of drug-likeness (QED) is 0.687. The van der Waals surface area contributed by atoms with Gasteiger partial charge in [-0.15, -0.1) is 0 Å². The number of benzene rings is 1. The molecule has 1 saturated carbocycles. The molecular formula is C19H29N. The maximum Gasteiger partial charge on any atom is 0.0372 e. The normalized spacial score (nSPS) is 16.4. The van der Waals surface area contributed by atoms with Gasteiger partial charge in [-0.1, -0.05) is 51.3 Å². The third kappa shape index (κ3) is 3.26. The zero-order valence-corrected chi connectivity index (χ0v) is 13.6. The van der Waals surface area contributed by atoms with Gasteiger partial charge in [0.05, 0.1) is 0 Å². The van der Waals surface area contributed by atoms with Crippen molar-refractivity contribution < 1.29 is 0 Å². The van der Waals surface area contributed by atoms with Gasteiger partial charge in [-0.2, -0.15) is 0 Å². The van der Waals surface area contributed by atoms with Crippen LogP contribution in [0.25, 0.3) is 5.57 Å². The van der Waals surface area contributed by atoms with Crippen LogP contribution in [-0.4, -0.2) is 13.1 Å². The van der Waals surface area contributed by atoms with Crippen molar-refractivity contribution in [3.8, 4) is 0 Å². The van der Waals surface area contributed by atoms with E-state index in [2.05, 4.69) is 57.5 Å². The van der Waals surface area contributed by atoms with Gasteiger partial charge in [0.1, 0.15) is 0 Å². The fourth-order valence-corrected chi connectivity index (χ4v) is 3.32. The zero-order valence-electron chi connectivity index (χ0n) is 13.6. The molecule has 0 heterocycles. The number of hydrogen-bond donors (Lipinski definition) is 0. The lowest BCUT2D eigenvalue weighted by Crippen LogP contribution is -2.33. The van der Waals surface area contributed by atoms with Gasteiger partial charge in [0.25, 0.3) is 0 Å². The van der Waals surface area contributed by atoms with E-state index in [0.717, 1.165) is 0 Å². The minimum atomic E-state index is 0.552. The molecule has 0 aliphatic heterocycles. The molecule has 1 fully saturated rings. The minimum absolute atomic E-state index is 0.552. The van der Waals surface area contributed by atoms with Crippen molar-refractivity contribution in [1.82, 2.24) is 0 Å². The van der Waals surface area contributed by atoms with Crippen molar-refractivity contribution in [2.24, 2.45) is 0 Å². The predicted molar refractivity (Wildman–Crippen MR) is 90.5 cm³/mol. The minimum Gasteiger partial charge on any atom is -0.372 e. The number of allylic oxidation sites excluding steroid dienone is 1. The lowest BCUT2D eigenvalue weighted by Gasteiger charge is -2.33. The van der Waals surface area contributed by atoms with Crippen LogP contribution >= 0.6 is 0 Å². The highest BCUT2D eigenvalue weighted by Gasteiger charge is 2.19. The number of hydrogen-bond acceptors (Lipinski definition) is 1. The molecule has 2 rings (SSSR count). The molecule has 1 aromatic rings. The summed E-state index contributed by atoms with van der Waals surface area (Å²) in [5.41, 5.74) is 5.27. The van der Waals surface area contributed by atoms with Gasteiger partial charge >= 0.3 is 0 Å². The van der Waals surface area contributed by atoms with Gasteiger partial charge in [-0.25, -0.2) is 0 Å². The third-order valence-corrected chi connectivity index (χ3v) is 4.65. The Morgan fingerprint density at radius 3 is 2.40 bits per heavy atom. The van der Waals surface area contributed by atoms with E-state index < -0.39 is 0 Å². The van der Waals surface area contributed by atoms with Crippen molar-refractivity contribution in [2.45, 2.75) is 64.8 Å². The van der Waals surface area contributed by atoms with Crippen LogP contribution in [-0.2, 0) is 0 Å². The highest BCUT2D eigenvalue weighted by atomic mass is 15.1. The van der Waals surface area contributed by atoms with Crippen LogP contribution in [0.3, 0.4) is 0 Å². The molecule has 0 amide bonds. The summed E-state index contributed by atoms with van der Waals surface area (Å²) in [5, 5.41) is 0. The summed E-state index contributed by atoms with van der Waals surface area (Å²) in [7, 11) is 2.25. The molecule has 0 aromatic heterocycles. The maximum atomic E-state index is 4.16. The van der Waals surface area contributed by atoms with E-state index in [4.69, 9.17) is 0 Å². The maximum absolute atomic E-state index is 4.16. The summed E-state index contributed by atoms with van der Waals surface area (Å²) in [6, 6.07) is 7.64. The van der Waals surface area contributed by atoms with E-state index >= 15 is 0 Å². The van der Waals surface area contributed by atoms with E-state index in [0.29, 0.717) is 12.0 Å². The fourth-order valence-electron chi connectivity index (χ4n) is 3.32. The molecule has 0 radical (unpaired) electrons. The van der Waals surface area contributed by atoms with Gasteiger partial charge in [-0.3, -0.25) is 0 Å². The zero-order chi connectivity index (χ0) is 14.7. The van der Waals surface area contributed by atoms with Gasteiger partial charge in [-0.05, 0) is 48.9 Å². The van der Waals surface area contributed by atoms with Crippen molar-refractivity contribution in [3.05, 3.63) is 35.9 Å². The Balaban J connectivity index is 2.28. The second-order valence-corrected chi connectivity index (χ2v) is 6.61. The summed E-state index contributed by atoms with van der Waals surface area (Å²) < 4.78 is 0. The van der Waals surface area contributed by atoms with Crippen LogP contribution in [0.15, 0.2) is 24.8 Å². The van der Waals surface area contributed by atoms with Crippen LogP contribution in [0.5, 0.6) is 0 Å². The van der Waals surface area contributed by atoms with Crippen molar-refractivity contribution in [1.29, 1.82) is 0 Å². The molecule has 1 nitrogen and oxygen atoms in total. The molecule has 1 aliphatic rings. The van der Waals surface area contributed by atoms with Crippen LogP contribution < -0.4 is 4.90 Å². The first-order chi connectivity index (χ1) is 9.50. The third-order valence-electron chi connectivity index (χ3n) is 4.65. The topological polar surface area (TPSA) is 3.24 Å². The molecule has 1 aromatic carbocycles. The number of anilines is 1. The Labute approximate surface area is 124 Å². The fraction of sp³-hybridized carbons (Fsp3) is 0.579. The number of nitrogens with zero attached hydrogens (tertiary/aromatic N) is 1. The average molecular weight is 271 g/mol. The molecule has 0 saturated heterocycles. The molecule has 20 heavy (non-hydrogen) atoms. The first-order valence-corrected chi connectivity index (χ1v) is 8.03. The molecule has 0 atom stereocenters. The molecule has 1 aliphatic carbocycles. The Kier molecular flexibility index (Phi) is 4.91. The van der Waals surface area contributed by atoms with Crippen LogP contribution in [0.1, 0.15) is 69.9 Å². The van der Waals surface area contributed by atoms with Crippen molar-refractivity contribution in [2.75, 3.05) is 11.9 Å². The largest absolute Gasteiger partial charge is 0.372 e. The van der Waals surface area contributed by atoms with Crippen molar-refractivity contribution in [3.63, 3.8) is 0 Å². The highest BCUT2D eigenvalue weighted by Crippen LogP contribution is 2.31. The van der Waals surface area contributed by atoms with E-state index in [-0.39, 0.29) is 0 Å². The summed E-state index contributed by atoms with van der Waals surface area (Å²) in [5.74, 6) is 0.552.